The van der Waals surface area contributed by atoms with Gasteiger partial charge in [0.15, 0.2) is 0 Å². The van der Waals surface area contributed by atoms with Crippen LogP contribution in [0.3, 0.4) is 0 Å². The first kappa shape index (κ1) is 34.0. The lowest BCUT2D eigenvalue weighted by Crippen LogP contribution is -2.39. The van der Waals surface area contributed by atoms with Crippen molar-refractivity contribution in [3.63, 3.8) is 0 Å². The Kier molecular flexibility index (Phi) is 12.8. The molecule has 0 aliphatic rings. The molecule has 1 unspecified atom stereocenters. The summed E-state index contributed by atoms with van der Waals surface area (Å²) in [5.74, 6) is -4.60. The van der Waals surface area contributed by atoms with E-state index in [1.165, 1.54) is 25.8 Å². The van der Waals surface area contributed by atoms with Crippen LogP contribution in [0.25, 0.3) is 0 Å². The van der Waals surface area contributed by atoms with E-state index in [0.29, 0.717) is 22.1 Å². The molecule has 0 saturated heterocycles. The first-order valence-electron chi connectivity index (χ1n) is 9.99. The highest BCUT2D eigenvalue weighted by atomic mass is 127. The van der Waals surface area contributed by atoms with E-state index in [2.05, 4.69) is 15.4 Å². The standard InChI is InChI=1S/C19H21F3I3N3O8S/c1-8(29)27-16-13(23)12(14(24)17(15(16)25)28(3)9(2)30)18(32)26-6-4-5-11(31)36-10(19(20,21)22)7-37(33,34)35/h10H,4-7H2,1-3H3,(H,26,32)(H,27,29)(H,33,34,35). The van der Waals surface area contributed by atoms with E-state index < -0.39 is 52.4 Å². The van der Waals surface area contributed by atoms with Crippen LogP contribution in [0, 0.1) is 10.7 Å². The number of halogens is 6. The molecule has 3 amide bonds. The van der Waals surface area contributed by atoms with Crippen molar-refractivity contribution >= 4 is 113 Å². The van der Waals surface area contributed by atoms with Crippen LogP contribution in [0.4, 0.5) is 24.5 Å². The van der Waals surface area contributed by atoms with Gasteiger partial charge in [-0.1, -0.05) is 0 Å². The van der Waals surface area contributed by atoms with Gasteiger partial charge in [-0.25, -0.2) is 0 Å². The molecule has 3 N–H and O–H groups in total. The van der Waals surface area contributed by atoms with Crippen LogP contribution in [0.1, 0.15) is 37.0 Å². The maximum absolute atomic E-state index is 13.0. The monoisotopic (exact) mass is 889 g/mol. The van der Waals surface area contributed by atoms with Crippen LogP contribution in [0.15, 0.2) is 0 Å². The Hall–Kier alpha value is -1.01. The molecule has 0 aliphatic heterocycles. The molecule has 0 aliphatic carbocycles. The largest absolute Gasteiger partial charge is 0.451 e. The second kappa shape index (κ2) is 13.9. The number of nitrogens with one attached hydrogen (secondary N) is 2. The van der Waals surface area contributed by atoms with E-state index >= 15 is 0 Å². The molecule has 0 aromatic heterocycles. The summed E-state index contributed by atoms with van der Waals surface area (Å²) in [5, 5.41) is 5.16. The second-order valence-corrected chi connectivity index (χ2v) is 12.2. The molecule has 1 atom stereocenters. The normalized spacial score (nSPS) is 12.5. The molecular formula is C19H21F3I3N3O8S. The second-order valence-electron chi connectivity index (χ2n) is 7.43. The predicted octanol–water partition coefficient (Wildman–Crippen LogP) is 3.31. The summed E-state index contributed by atoms with van der Waals surface area (Å²) >= 11 is 5.69. The topological polar surface area (TPSA) is 159 Å². The fraction of sp³-hybridized carbons (Fsp3) is 0.474. The van der Waals surface area contributed by atoms with Gasteiger partial charge in [-0.15, -0.1) is 0 Å². The molecule has 208 valence electrons. The molecule has 0 radical (unpaired) electrons. The number of esters is 1. The van der Waals surface area contributed by atoms with E-state index in [-0.39, 0.29) is 24.4 Å². The Morgan fingerprint density at radius 1 is 1.08 bits per heavy atom. The first-order valence-corrected chi connectivity index (χ1v) is 14.8. The van der Waals surface area contributed by atoms with Crippen LogP contribution in [0.2, 0.25) is 0 Å². The van der Waals surface area contributed by atoms with Crippen molar-refractivity contribution in [1.82, 2.24) is 5.32 Å². The number of benzene rings is 1. The van der Waals surface area contributed by atoms with Crippen LogP contribution < -0.4 is 15.5 Å². The molecule has 1 rings (SSSR count). The maximum Gasteiger partial charge on any atom is 0.426 e. The van der Waals surface area contributed by atoms with E-state index in [0.717, 1.165) is 0 Å². The van der Waals surface area contributed by atoms with Gasteiger partial charge in [0.05, 0.1) is 27.6 Å². The Morgan fingerprint density at radius 2 is 1.65 bits per heavy atom. The number of alkyl halides is 3. The number of nitrogens with zero attached hydrogens (tertiary/aromatic N) is 1. The highest BCUT2D eigenvalue weighted by Crippen LogP contribution is 2.40. The summed E-state index contributed by atoms with van der Waals surface area (Å²) in [4.78, 5) is 49.8. The van der Waals surface area contributed by atoms with Gasteiger partial charge in [0.25, 0.3) is 16.0 Å². The van der Waals surface area contributed by atoms with Gasteiger partial charge in [0.2, 0.25) is 17.9 Å². The number of hydrogen-bond acceptors (Lipinski definition) is 7. The fourth-order valence-corrected chi connectivity index (χ4v) is 8.00. The molecule has 1 aromatic carbocycles. The Balaban J connectivity index is 3.04. The predicted molar refractivity (Wildman–Crippen MR) is 152 cm³/mol. The zero-order valence-electron chi connectivity index (χ0n) is 19.3. The van der Waals surface area contributed by atoms with Crippen molar-refractivity contribution in [1.29, 1.82) is 0 Å². The molecule has 0 spiro atoms. The third kappa shape index (κ3) is 10.2. The summed E-state index contributed by atoms with van der Waals surface area (Å²) in [5.41, 5.74) is 0.813. The van der Waals surface area contributed by atoms with E-state index in [4.69, 9.17) is 4.55 Å². The molecule has 0 heterocycles. The highest BCUT2D eigenvalue weighted by molar-refractivity contribution is 14.1. The fourth-order valence-electron chi connectivity index (χ4n) is 2.72. The van der Waals surface area contributed by atoms with Gasteiger partial charge in [-0.2, -0.15) is 21.6 Å². The molecule has 0 fully saturated rings. The number of anilines is 2. The lowest BCUT2D eigenvalue weighted by atomic mass is 10.1. The lowest BCUT2D eigenvalue weighted by Gasteiger charge is -2.24. The van der Waals surface area contributed by atoms with Gasteiger partial charge in [-0.3, -0.25) is 23.7 Å². The van der Waals surface area contributed by atoms with Crippen molar-refractivity contribution < 1.29 is 50.1 Å². The van der Waals surface area contributed by atoms with Crippen LogP contribution >= 0.6 is 67.8 Å². The van der Waals surface area contributed by atoms with Gasteiger partial charge in [0.1, 0.15) is 5.75 Å². The van der Waals surface area contributed by atoms with Gasteiger partial charge in [0, 0.05) is 33.9 Å². The summed E-state index contributed by atoms with van der Waals surface area (Å²) in [6.45, 7) is 2.42. The number of hydrogen-bond donors (Lipinski definition) is 3. The van der Waals surface area contributed by atoms with Crippen molar-refractivity contribution in [3.05, 3.63) is 16.3 Å². The number of ether oxygens (including phenoxy) is 1. The van der Waals surface area contributed by atoms with Crippen molar-refractivity contribution in [2.24, 2.45) is 0 Å². The number of amides is 3. The molecule has 37 heavy (non-hydrogen) atoms. The quantitative estimate of drug-likeness (QED) is 0.140. The van der Waals surface area contributed by atoms with Gasteiger partial charge < -0.3 is 20.3 Å². The Labute approximate surface area is 251 Å². The summed E-state index contributed by atoms with van der Waals surface area (Å²) in [6, 6.07) is 0. The average Bonchev–Trinajstić information content (AvgIpc) is 2.72. The minimum atomic E-state index is -5.21. The van der Waals surface area contributed by atoms with E-state index in [9.17, 15) is 40.8 Å². The zero-order chi connectivity index (χ0) is 28.9. The zero-order valence-corrected chi connectivity index (χ0v) is 26.6. The average molecular weight is 889 g/mol. The van der Waals surface area contributed by atoms with E-state index in [1.54, 1.807) is 0 Å². The third-order valence-corrected chi connectivity index (χ3v) is 8.38. The summed E-state index contributed by atoms with van der Waals surface area (Å²) in [6.07, 6.45) is -9.00. The van der Waals surface area contributed by atoms with E-state index in [1.807, 2.05) is 67.8 Å². The molecule has 18 heteroatoms. The lowest BCUT2D eigenvalue weighted by molar-refractivity contribution is -0.215. The number of rotatable bonds is 10. The van der Waals surface area contributed by atoms with Crippen molar-refractivity contribution in [2.75, 3.05) is 29.6 Å². The Morgan fingerprint density at radius 3 is 2.11 bits per heavy atom. The molecular weight excluding hydrogens is 868 g/mol. The highest BCUT2D eigenvalue weighted by Gasteiger charge is 2.45. The molecule has 0 bridgehead atoms. The minimum Gasteiger partial charge on any atom is -0.451 e. The minimum absolute atomic E-state index is 0.126. The summed E-state index contributed by atoms with van der Waals surface area (Å²) in [7, 11) is -3.57. The smallest absolute Gasteiger partial charge is 0.426 e. The number of carbonyl (C=O) groups excluding carboxylic acids is 4. The molecule has 11 nitrogen and oxygen atoms in total. The molecule has 0 saturated carbocycles. The molecule has 1 aromatic rings. The van der Waals surface area contributed by atoms with Gasteiger partial charge in [-0.05, 0) is 74.2 Å². The first-order chi connectivity index (χ1) is 16.8. The maximum atomic E-state index is 13.0. The number of carbonyl (C=O) groups is 4. The Bertz CT molecular complexity index is 1200. The SMILES string of the molecule is CC(=O)Nc1c(I)c(C(=O)NCCCC(=O)OC(CS(=O)(=O)O)C(F)(F)F)c(I)c(N(C)C(C)=O)c1I. The van der Waals surface area contributed by atoms with Crippen LogP contribution in [-0.4, -0.2) is 68.3 Å². The van der Waals surface area contributed by atoms with Crippen molar-refractivity contribution in [2.45, 2.75) is 39.0 Å². The van der Waals surface area contributed by atoms with Gasteiger partial charge >= 0.3 is 12.1 Å². The van der Waals surface area contributed by atoms with Crippen LogP contribution in [0.5, 0.6) is 0 Å². The van der Waals surface area contributed by atoms with Crippen LogP contribution in [-0.2, 0) is 29.2 Å². The summed E-state index contributed by atoms with van der Waals surface area (Å²) < 4.78 is 74.3. The van der Waals surface area contributed by atoms with Crippen molar-refractivity contribution in [3.8, 4) is 0 Å². The third-order valence-electron chi connectivity index (χ3n) is 4.47.